The molecule has 1 N–H and O–H groups in total. The molecule has 0 spiro atoms. The van der Waals surface area contributed by atoms with Crippen LogP contribution in [0.5, 0.6) is 11.5 Å². The van der Waals surface area contributed by atoms with Crippen molar-refractivity contribution in [1.82, 2.24) is 9.58 Å². The number of benzene rings is 2. The fourth-order valence-electron chi connectivity index (χ4n) is 4.28. The molecule has 7 nitrogen and oxygen atoms in total. The van der Waals surface area contributed by atoms with Gasteiger partial charge in [-0.2, -0.15) is 0 Å². The Balaban J connectivity index is 1.78. The second-order valence-corrected chi connectivity index (χ2v) is 7.79. The highest BCUT2D eigenvalue weighted by atomic mass is 16.5. The highest BCUT2D eigenvalue weighted by molar-refractivity contribution is 5.96. The Labute approximate surface area is 185 Å². The summed E-state index contributed by atoms with van der Waals surface area (Å²) in [5.74, 6) is -0.167. The van der Waals surface area contributed by atoms with Crippen molar-refractivity contribution in [3.05, 3.63) is 106 Å². The van der Waals surface area contributed by atoms with Gasteiger partial charge >= 0.3 is 0 Å². The van der Waals surface area contributed by atoms with Gasteiger partial charge in [0.05, 0.1) is 6.61 Å². The fourth-order valence-corrected chi connectivity index (χ4v) is 4.28. The molecule has 0 saturated heterocycles. The third-order valence-electron chi connectivity index (χ3n) is 5.80. The lowest BCUT2D eigenvalue weighted by Crippen LogP contribution is -2.55. The maximum atomic E-state index is 13.2. The molecule has 0 saturated carbocycles. The van der Waals surface area contributed by atoms with Crippen LogP contribution < -0.4 is 15.2 Å². The lowest BCUT2D eigenvalue weighted by molar-refractivity contribution is 0.0700. The van der Waals surface area contributed by atoms with Gasteiger partial charge in [0.1, 0.15) is 18.5 Å². The number of hydrogen-bond donors (Lipinski definition) is 1. The van der Waals surface area contributed by atoms with Gasteiger partial charge in [0, 0.05) is 24.4 Å². The topological polar surface area (TPSA) is 75.0 Å². The van der Waals surface area contributed by atoms with Crippen LogP contribution in [-0.2, 0) is 0 Å². The van der Waals surface area contributed by atoms with Crippen LogP contribution in [0.4, 0.5) is 0 Å². The summed E-state index contributed by atoms with van der Waals surface area (Å²) in [5.41, 5.74) is 1.31. The SMILES string of the molecule is O=C1c2c(O)c(=O)ccn2N2CN1C/C=C\CCOc1ccccc1C2c1ccccc1. The first-order chi connectivity index (χ1) is 15.6. The second-order valence-electron chi connectivity index (χ2n) is 7.79. The van der Waals surface area contributed by atoms with Crippen LogP contribution >= 0.6 is 0 Å². The number of pyridine rings is 1. The molecular formula is C25H23N3O4. The number of nitrogens with zero attached hydrogens (tertiary/aromatic N) is 3. The summed E-state index contributed by atoms with van der Waals surface area (Å²) in [6, 6.07) is 18.7. The number of aromatic hydroxyl groups is 1. The smallest absolute Gasteiger partial charge is 0.278 e. The summed E-state index contributed by atoms with van der Waals surface area (Å²) in [4.78, 5) is 27.1. The van der Waals surface area contributed by atoms with Gasteiger partial charge in [-0.1, -0.05) is 60.7 Å². The molecule has 162 valence electrons. The minimum absolute atomic E-state index is 0.0338. The number of carbonyl (C=O) groups is 1. The average molecular weight is 429 g/mol. The van der Waals surface area contributed by atoms with E-state index in [1.807, 2.05) is 71.8 Å². The van der Waals surface area contributed by atoms with Crippen LogP contribution in [0.3, 0.4) is 0 Å². The molecule has 3 heterocycles. The summed E-state index contributed by atoms with van der Waals surface area (Å²) in [7, 11) is 0. The van der Waals surface area contributed by atoms with Crippen molar-refractivity contribution in [2.75, 3.05) is 24.8 Å². The number of ether oxygens (including phenoxy) is 1. The molecular weight excluding hydrogens is 406 g/mol. The number of carbonyl (C=O) groups excluding carboxylic acids is 1. The molecule has 0 fully saturated rings. The van der Waals surface area contributed by atoms with E-state index in [0.717, 1.165) is 16.9 Å². The molecule has 5 rings (SSSR count). The van der Waals surface area contributed by atoms with Gasteiger partial charge in [0.25, 0.3) is 5.91 Å². The molecule has 1 amide bonds. The van der Waals surface area contributed by atoms with E-state index in [-0.39, 0.29) is 24.3 Å². The highest BCUT2D eigenvalue weighted by Crippen LogP contribution is 2.36. The van der Waals surface area contributed by atoms with Crippen molar-refractivity contribution in [1.29, 1.82) is 0 Å². The normalized spacial score (nSPS) is 19.1. The molecule has 1 unspecified atom stereocenters. The van der Waals surface area contributed by atoms with E-state index in [1.165, 1.54) is 6.07 Å². The monoisotopic (exact) mass is 429 g/mol. The summed E-state index contributed by atoms with van der Waals surface area (Å²) >= 11 is 0. The minimum Gasteiger partial charge on any atom is -0.502 e. The standard InChI is InChI=1S/C25H23N3O4/c29-20-13-15-27-23(24(20)30)25(31)26-14-7-2-8-16-32-21-12-6-5-11-19(21)22(28(27)17-26)18-9-3-1-4-10-18/h1-7,9-13,15,22,30H,8,14,16-17H2/b7-2-. The molecule has 0 aliphatic carbocycles. The number of hydrogen-bond acceptors (Lipinski definition) is 5. The maximum Gasteiger partial charge on any atom is 0.278 e. The van der Waals surface area contributed by atoms with Crippen molar-refractivity contribution in [3.8, 4) is 11.5 Å². The Bertz CT molecular complexity index is 1240. The number of rotatable bonds is 1. The van der Waals surface area contributed by atoms with Crippen LogP contribution in [0.1, 0.15) is 34.1 Å². The molecule has 1 aromatic heterocycles. The Morgan fingerprint density at radius 1 is 0.938 bits per heavy atom. The Hall–Kier alpha value is -4.00. The number of fused-ring (bicyclic) bond motifs is 5. The highest BCUT2D eigenvalue weighted by Gasteiger charge is 2.37. The van der Waals surface area contributed by atoms with E-state index in [0.29, 0.717) is 19.6 Å². The van der Waals surface area contributed by atoms with Gasteiger partial charge in [-0.15, -0.1) is 0 Å². The Morgan fingerprint density at radius 3 is 2.56 bits per heavy atom. The third kappa shape index (κ3) is 3.41. The van der Waals surface area contributed by atoms with E-state index in [1.54, 1.807) is 15.8 Å². The second kappa shape index (κ2) is 8.26. The first-order valence-corrected chi connectivity index (χ1v) is 10.6. The number of para-hydroxylation sites is 1. The minimum atomic E-state index is -0.581. The van der Waals surface area contributed by atoms with Crippen molar-refractivity contribution in [2.45, 2.75) is 12.5 Å². The Kier molecular flexibility index (Phi) is 5.15. The van der Waals surface area contributed by atoms with Crippen molar-refractivity contribution < 1.29 is 14.6 Å². The van der Waals surface area contributed by atoms with E-state index in [4.69, 9.17) is 4.74 Å². The fraction of sp³-hybridized carbons (Fsp3) is 0.200. The van der Waals surface area contributed by atoms with Crippen LogP contribution in [0, 0.1) is 0 Å². The lowest BCUT2D eigenvalue weighted by atomic mass is 9.97. The molecule has 2 aliphatic rings. The zero-order valence-electron chi connectivity index (χ0n) is 17.4. The van der Waals surface area contributed by atoms with Gasteiger partial charge < -0.3 is 14.7 Å². The molecule has 2 bridgehead atoms. The van der Waals surface area contributed by atoms with Crippen molar-refractivity contribution in [3.63, 3.8) is 0 Å². The van der Waals surface area contributed by atoms with E-state index in [2.05, 4.69) is 0 Å². The van der Waals surface area contributed by atoms with E-state index >= 15 is 0 Å². The van der Waals surface area contributed by atoms with Crippen LogP contribution in [0.15, 0.2) is 83.8 Å². The first-order valence-electron chi connectivity index (χ1n) is 10.6. The average Bonchev–Trinajstić information content (AvgIpc) is 2.81. The quantitative estimate of drug-likeness (QED) is 0.602. The number of aromatic nitrogens is 1. The van der Waals surface area contributed by atoms with E-state index < -0.39 is 11.2 Å². The zero-order chi connectivity index (χ0) is 22.1. The first kappa shape index (κ1) is 19.9. The molecule has 7 heteroatoms. The van der Waals surface area contributed by atoms with Crippen LogP contribution in [0.2, 0.25) is 0 Å². The largest absolute Gasteiger partial charge is 0.502 e. The molecule has 0 radical (unpaired) electrons. The van der Waals surface area contributed by atoms with Gasteiger partial charge in [-0.25, -0.2) is 0 Å². The van der Waals surface area contributed by atoms with Crippen molar-refractivity contribution >= 4 is 5.91 Å². The summed E-state index contributed by atoms with van der Waals surface area (Å²) in [5, 5.41) is 12.5. The van der Waals surface area contributed by atoms with Crippen molar-refractivity contribution in [2.24, 2.45) is 0 Å². The molecule has 2 aromatic carbocycles. The molecule has 3 aromatic rings. The maximum absolute atomic E-state index is 13.2. The summed E-state index contributed by atoms with van der Waals surface area (Å²) in [6.07, 6.45) is 6.15. The van der Waals surface area contributed by atoms with Gasteiger partial charge in [-0.05, 0) is 18.1 Å². The summed E-state index contributed by atoms with van der Waals surface area (Å²) < 4.78 is 7.73. The summed E-state index contributed by atoms with van der Waals surface area (Å²) in [6.45, 7) is 1.15. The molecule has 1 atom stereocenters. The predicted octanol–water partition coefficient (Wildman–Crippen LogP) is 3.03. The number of amides is 1. The third-order valence-corrected chi connectivity index (χ3v) is 5.80. The molecule has 32 heavy (non-hydrogen) atoms. The lowest BCUT2D eigenvalue weighted by Gasteiger charge is -2.44. The van der Waals surface area contributed by atoms with Gasteiger partial charge in [0.2, 0.25) is 5.43 Å². The zero-order valence-corrected chi connectivity index (χ0v) is 17.4. The van der Waals surface area contributed by atoms with Gasteiger partial charge in [-0.3, -0.25) is 19.3 Å². The Morgan fingerprint density at radius 2 is 1.72 bits per heavy atom. The predicted molar refractivity (Wildman–Crippen MR) is 120 cm³/mol. The van der Waals surface area contributed by atoms with Crippen LogP contribution in [-0.4, -0.2) is 40.4 Å². The van der Waals surface area contributed by atoms with Gasteiger partial charge in [0.15, 0.2) is 11.4 Å². The van der Waals surface area contributed by atoms with E-state index in [9.17, 15) is 14.7 Å². The molecule has 2 aliphatic heterocycles. The van der Waals surface area contributed by atoms with Crippen LogP contribution in [0.25, 0.3) is 0 Å².